The van der Waals surface area contributed by atoms with E-state index in [1.54, 1.807) is 4.52 Å². The van der Waals surface area contributed by atoms with Gasteiger partial charge in [-0.05, 0) is 63.7 Å². The molecule has 174 valence electrons. The average molecular weight is 470 g/mol. The van der Waals surface area contributed by atoms with Crippen molar-refractivity contribution in [2.24, 2.45) is 5.92 Å². The summed E-state index contributed by atoms with van der Waals surface area (Å²) < 4.78 is 14.5. The Morgan fingerprint density at radius 1 is 1.18 bits per heavy atom. The fourth-order valence-electron chi connectivity index (χ4n) is 5.12. The number of rotatable bonds is 5. The van der Waals surface area contributed by atoms with E-state index in [1.807, 2.05) is 43.0 Å². The molecule has 1 amide bonds. The van der Waals surface area contributed by atoms with Crippen molar-refractivity contribution in [2.45, 2.75) is 52.7 Å². The summed E-state index contributed by atoms with van der Waals surface area (Å²) in [6, 6.07) is 7.88. The van der Waals surface area contributed by atoms with E-state index in [4.69, 9.17) is 16.7 Å². The second kappa shape index (κ2) is 9.03. The van der Waals surface area contributed by atoms with Crippen molar-refractivity contribution in [1.82, 2.24) is 24.4 Å². The second-order valence-electron chi connectivity index (χ2n) is 9.27. The van der Waals surface area contributed by atoms with Gasteiger partial charge in [-0.15, -0.1) is 0 Å². The zero-order valence-corrected chi connectivity index (χ0v) is 19.9. The Morgan fingerprint density at radius 3 is 2.70 bits per heavy atom. The molecule has 0 radical (unpaired) electrons. The molecule has 0 atom stereocenters. The molecule has 8 heteroatoms. The lowest BCUT2D eigenvalue weighted by Crippen LogP contribution is -2.34. The standard InChI is InChI=1S/C25H29ClFN5O/c1-16-23(26)17(2)32-24(28-16)21-14-31(15-22(21)29-32)25(33)20-6-4-3-5-19(20)13-30-11-8-18(7-10-27)9-12-30/h3-6,18H,7-15H2,1-2H3. The highest BCUT2D eigenvalue weighted by molar-refractivity contribution is 6.31. The van der Waals surface area contributed by atoms with E-state index >= 15 is 0 Å². The molecular formula is C25H29ClFN5O. The number of benzene rings is 1. The van der Waals surface area contributed by atoms with Crippen LogP contribution >= 0.6 is 11.6 Å². The Balaban J connectivity index is 1.33. The SMILES string of the molecule is Cc1nc2c3c(nn2c(C)c1Cl)CN(C(=O)c1ccccc1CN1CCC(CCF)CC1)C3. The maximum Gasteiger partial charge on any atom is 0.254 e. The summed E-state index contributed by atoms with van der Waals surface area (Å²) in [4.78, 5) is 22.4. The molecule has 0 N–H and O–H groups in total. The summed E-state index contributed by atoms with van der Waals surface area (Å²) >= 11 is 6.35. The van der Waals surface area contributed by atoms with Crippen molar-refractivity contribution in [1.29, 1.82) is 0 Å². The molecule has 1 aromatic carbocycles. The number of halogens is 2. The van der Waals surface area contributed by atoms with Crippen molar-refractivity contribution in [3.8, 4) is 0 Å². The minimum absolute atomic E-state index is 0.0245. The first kappa shape index (κ1) is 22.3. The lowest BCUT2D eigenvalue weighted by molar-refractivity contribution is 0.0746. The van der Waals surface area contributed by atoms with Gasteiger partial charge in [0.2, 0.25) is 0 Å². The van der Waals surface area contributed by atoms with Gasteiger partial charge in [-0.2, -0.15) is 5.10 Å². The van der Waals surface area contributed by atoms with Crippen LogP contribution in [0.15, 0.2) is 24.3 Å². The summed E-state index contributed by atoms with van der Waals surface area (Å²) in [6.45, 7) is 7.21. The largest absolute Gasteiger partial charge is 0.328 e. The van der Waals surface area contributed by atoms with Gasteiger partial charge in [-0.1, -0.05) is 29.8 Å². The van der Waals surface area contributed by atoms with E-state index in [0.717, 1.165) is 71.9 Å². The monoisotopic (exact) mass is 469 g/mol. The van der Waals surface area contributed by atoms with E-state index in [2.05, 4.69) is 9.88 Å². The minimum Gasteiger partial charge on any atom is -0.328 e. The molecule has 6 nitrogen and oxygen atoms in total. The number of carbonyl (C=O) groups excluding carboxylic acids is 1. The minimum atomic E-state index is -0.229. The maximum atomic E-state index is 13.5. The third-order valence-electron chi connectivity index (χ3n) is 7.11. The Hall–Kier alpha value is -2.51. The van der Waals surface area contributed by atoms with Crippen molar-refractivity contribution >= 4 is 23.2 Å². The molecule has 2 aliphatic heterocycles. The number of likely N-dealkylation sites (tertiary alicyclic amines) is 1. The van der Waals surface area contributed by atoms with Crippen molar-refractivity contribution in [3.05, 3.63) is 63.1 Å². The molecule has 33 heavy (non-hydrogen) atoms. The molecule has 0 saturated carbocycles. The third kappa shape index (κ3) is 4.13. The van der Waals surface area contributed by atoms with Gasteiger partial charge >= 0.3 is 0 Å². The first-order valence-electron chi connectivity index (χ1n) is 11.6. The van der Waals surface area contributed by atoms with Gasteiger partial charge in [0.25, 0.3) is 5.91 Å². The van der Waals surface area contributed by atoms with Gasteiger partial charge in [0.15, 0.2) is 5.65 Å². The average Bonchev–Trinajstić information content (AvgIpc) is 3.38. The topological polar surface area (TPSA) is 53.7 Å². The quantitative estimate of drug-likeness (QED) is 0.542. The molecule has 4 heterocycles. The number of aromatic nitrogens is 3. The number of aryl methyl sites for hydroxylation is 2. The van der Waals surface area contributed by atoms with Gasteiger partial charge in [0, 0.05) is 17.7 Å². The van der Waals surface area contributed by atoms with E-state index in [0.29, 0.717) is 30.5 Å². The number of fused-ring (bicyclic) bond motifs is 3. The van der Waals surface area contributed by atoms with E-state index in [9.17, 15) is 9.18 Å². The Labute approximate surface area is 198 Å². The lowest BCUT2D eigenvalue weighted by atomic mass is 9.93. The van der Waals surface area contributed by atoms with E-state index < -0.39 is 0 Å². The zero-order valence-electron chi connectivity index (χ0n) is 19.2. The van der Waals surface area contributed by atoms with Crippen molar-refractivity contribution < 1.29 is 9.18 Å². The van der Waals surface area contributed by atoms with Gasteiger partial charge in [-0.3, -0.25) is 14.1 Å². The molecule has 1 saturated heterocycles. The van der Waals surface area contributed by atoms with Gasteiger partial charge in [0.1, 0.15) is 0 Å². The first-order valence-corrected chi connectivity index (χ1v) is 12.0. The predicted molar refractivity (Wildman–Crippen MR) is 126 cm³/mol. The number of carbonyl (C=O) groups is 1. The van der Waals surface area contributed by atoms with E-state index in [-0.39, 0.29) is 12.6 Å². The van der Waals surface area contributed by atoms with Crippen LogP contribution in [-0.4, -0.2) is 50.1 Å². The predicted octanol–water partition coefficient (Wildman–Crippen LogP) is 4.73. The van der Waals surface area contributed by atoms with Gasteiger partial charge in [0.05, 0.1) is 41.9 Å². The maximum absolute atomic E-state index is 13.5. The Morgan fingerprint density at radius 2 is 1.94 bits per heavy atom. The summed E-state index contributed by atoms with van der Waals surface area (Å²) in [5.41, 5.74) is 6.09. The highest BCUT2D eigenvalue weighted by Crippen LogP contribution is 2.30. The molecule has 0 unspecified atom stereocenters. The van der Waals surface area contributed by atoms with Crippen molar-refractivity contribution in [2.75, 3.05) is 19.8 Å². The molecule has 5 rings (SSSR count). The summed E-state index contributed by atoms with van der Waals surface area (Å²) in [5.74, 6) is 0.512. The van der Waals surface area contributed by atoms with Crippen LogP contribution in [-0.2, 0) is 19.6 Å². The Kier molecular flexibility index (Phi) is 6.10. The molecular weight excluding hydrogens is 441 g/mol. The Bertz CT molecular complexity index is 1200. The summed E-state index contributed by atoms with van der Waals surface area (Å²) in [7, 11) is 0. The lowest BCUT2D eigenvalue weighted by Gasteiger charge is -2.32. The van der Waals surface area contributed by atoms with Crippen LogP contribution in [0.4, 0.5) is 4.39 Å². The first-order chi connectivity index (χ1) is 16.0. The number of alkyl halides is 1. The van der Waals surface area contributed by atoms with Crippen molar-refractivity contribution in [3.63, 3.8) is 0 Å². The molecule has 2 aromatic heterocycles. The number of hydrogen-bond donors (Lipinski definition) is 0. The van der Waals surface area contributed by atoms with Crippen LogP contribution in [0.3, 0.4) is 0 Å². The molecule has 0 bridgehead atoms. The van der Waals surface area contributed by atoms with Crippen LogP contribution in [0.1, 0.15) is 57.8 Å². The highest BCUT2D eigenvalue weighted by atomic mass is 35.5. The molecule has 2 aliphatic rings. The number of nitrogens with zero attached hydrogens (tertiary/aromatic N) is 5. The molecule has 3 aromatic rings. The van der Waals surface area contributed by atoms with Gasteiger partial charge in [-0.25, -0.2) is 9.50 Å². The number of amides is 1. The highest BCUT2D eigenvalue weighted by Gasteiger charge is 2.31. The van der Waals surface area contributed by atoms with Crippen LogP contribution in [0, 0.1) is 19.8 Å². The third-order valence-corrected chi connectivity index (χ3v) is 7.66. The molecule has 1 fully saturated rings. The number of hydrogen-bond acceptors (Lipinski definition) is 4. The van der Waals surface area contributed by atoms with Crippen LogP contribution in [0.2, 0.25) is 5.02 Å². The summed E-state index contributed by atoms with van der Waals surface area (Å²) in [5, 5.41) is 5.32. The number of piperidine rings is 1. The normalized spacial score (nSPS) is 17.2. The van der Waals surface area contributed by atoms with Crippen LogP contribution in [0.25, 0.3) is 5.65 Å². The smallest absolute Gasteiger partial charge is 0.254 e. The summed E-state index contributed by atoms with van der Waals surface area (Å²) in [6.07, 6.45) is 2.72. The van der Waals surface area contributed by atoms with Crippen LogP contribution < -0.4 is 0 Å². The van der Waals surface area contributed by atoms with Crippen LogP contribution in [0.5, 0.6) is 0 Å². The second-order valence-corrected chi connectivity index (χ2v) is 9.65. The van der Waals surface area contributed by atoms with E-state index in [1.165, 1.54) is 0 Å². The molecule has 0 aliphatic carbocycles. The fourth-order valence-corrected chi connectivity index (χ4v) is 5.24. The zero-order chi connectivity index (χ0) is 23.1. The van der Waals surface area contributed by atoms with Gasteiger partial charge < -0.3 is 4.90 Å². The molecule has 0 spiro atoms. The fraction of sp³-hybridized carbons (Fsp3) is 0.480.